The van der Waals surface area contributed by atoms with E-state index in [0.717, 1.165) is 23.1 Å². The average Bonchev–Trinajstić information content (AvgIpc) is 2.28. The molecule has 1 aromatic carbocycles. The van der Waals surface area contributed by atoms with Crippen LogP contribution in [0.1, 0.15) is 29.3 Å². The second-order valence-corrected chi connectivity index (χ2v) is 4.46. The summed E-state index contributed by atoms with van der Waals surface area (Å²) in [6.07, 6.45) is 6.90. The van der Waals surface area contributed by atoms with E-state index in [2.05, 4.69) is 13.0 Å². The fraction of sp³-hybridized carbons (Fsp3) is 0.267. The lowest BCUT2D eigenvalue weighted by Gasteiger charge is -2.13. The van der Waals surface area contributed by atoms with Gasteiger partial charge in [-0.05, 0) is 25.3 Å². The lowest BCUT2D eigenvalue weighted by Crippen LogP contribution is -2.08. The summed E-state index contributed by atoms with van der Waals surface area (Å²) in [6, 6.07) is 7.78. The third-order valence-electron chi connectivity index (χ3n) is 2.85. The highest BCUT2D eigenvalue weighted by Gasteiger charge is 2.15. The second kappa shape index (κ2) is 4.48. The van der Waals surface area contributed by atoms with Gasteiger partial charge in [0.05, 0.1) is 0 Å². The number of hydrogen-bond acceptors (Lipinski definition) is 1. The van der Waals surface area contributed by atoms with Crippen LogP contribution in [0.5, 0.6) is 0 Å². The molecule has 1 heteroatoms. The van der Waals surface area contributed by atoms with Crippen molar-refractivity contribution >= 4 is 5.78 Å². The topological polar surface area (TPSA) is 17.1 Å². The van der Waals surface area contributed by atoms with Gasteiger partial charge in [-0.2, -0.15) is 0 Å². The first kappa shape index (κ1) is 10.9. The summed E-state index contributed by atoms with van der Waals surface area (Å²) in [7, 11) is 0. The molecule has 82 valence electrons. The molecule has 1 nitrogen and oxygen atoms in total. The molecule has 1 unspecified atom stereocenters. The second-order valence-electron chi connectivity index (χ2n) is 4.46. The number of aryl methyl sites for hydroxylation is 1. The molecule has 1 aromatic rings. The minimum Gasteiger partial charge on any atom is -0.289 e. The highest BCUT2D eigenvalue weighted by atomic mass is 16.1. The Morgan fingerprint density at radius 2 is 2.19 bits per heavy atom. The maximum Gasteiger partial charge on any atom is 0.189 e. The molecular formula is C15H16O. The van der Waals surface area contributed by atoms with E-state index in [9.17, 15) is 4.79 Å². The van der Waals surface area contributed by atoms with Gasteiger partial charge in [0.2, 0.25) is 0 Å². The Balaban J connectivity index is 2.26. The summed E-state index contributed by atoms with van der Waals surface area (Å²) in [6.45, 7) is 4.14. The number of Topliss-reactive ketones (excluding diaryl/α,β-unsaturated/α-hetero) is 1. The first-order chi connectivity index (χ1) is 7.66. The Bertz CT molecular complexity index is 466. The summed E-state index contributed by atoms with van der Waals surface area (Å²) in [4.78, 5) is 12.2. The molecule has 0 bridgehead atoms. The van der Waals surface area contributed by atoms with Crippen molar-refractivity contribution in [1.82, 2.24) is 0 Å². The van der Waals surface area contributed by atoms with Crippen LogP contribution in [0.2, 0.25) is 0 Å². The monoisotopic (exact) mass is 212 g/mol. The number of benzene rings is 1. The Kier molecular flexibility index (Phi) is 3.04. The smallest absolute Gasteiger partial charge is 0.189 e. The summed E-state index contributed by atoms with van der Waals surface area (Å²) >= 11 is 0. The molecule has 16 heavy (non-hydrogen) atoms. The summed E-state index contributed by atoms with van der Waals surface area (Å²) in [5.74, 6) is 0.633. The minimum absolute atomic E-state index is 0.167. The number of carbonyl (C=O) groups is 1. The van der Waals surface area contributed by atoms with Crippen LogP contribution in [0.15, 0.2) is 48.1 Å². The SMILES string of the molecule is Cc1cccc(C(=O)C2=CC=CC(C)C2)c1. The first-order valence-corrected chi connectivity index (χ1v) is 5.65. The lowest BCUT2D eigenvalue weighted by molar-refractivity contribution is 0.102. The predicted molar refractivity (Wildman–Crippen MR) is 66.5 cm³/mol. The fourth-order valence-electron chi connectivity index (χ4n) is 1.98. The quantitative estimate of drug-likeness (QED) is 0.683. The molecule has 2 rings (SSSR count). The van der Waals surface area contributed by atoms with Crippen LogP contribution < -0.4 is 0 Å². The van der Waals surface area contributed by atoms with Gasteiger partial charge in [-0.15, -0.1) is 0 Å². The Labute approximate surface area is 96.5 Å². The third kappa shape index (κ3) is 2.30. The lowest BCUT2D eigenvalue weighted by atomic mass is 9.90. The molecule has 1 aliphatic carbocycles. The van der Waals surface area contributed by atoms with Crippen molar-refractivity contribution in [1.29, 1.82) is 0 Å². The Morgan fingerprint density at radius 3 is 2.88 bits per heavy atom. The highest BCUT2D eigenvalue weighted by molar-refractivity contribution is 6.09. The molecule has 0 saturated heterocycles. The average molecular weight is 212 g/mol. The minimum atomic E-state index is 0.167. The highest BCUT2D eigenvalue weighted by Crippen LogP contribution is 2.21. The van der Waals surface area contributed by atoms with E-state index in [1.165, 1.54) is 0 Å². The Morgan fingerprint density at radius 1 is 1.38 bits per heavy atom. The van der Waals surface area contributed by atoms with Gasteiger partial charge in [-0.1, -0.05) is 48.9 Å². The normalized spacial score (nSPS) is 19.4. The zero-order valence-electron chi connectivity index (χ0n) is 9.73. The molecule has 0 saturated carbocycles. The van der Waals surface area contributed by atoms with Crippen LogP contribution in [0.4, 0.5) is 0 Å². The van der Waals surface area contributed by atoms with Crippen molar-refractivity contribution in [2.45, 2.75) is 20.3 Å². The van der Waals surface area contributed by atoms with Crippen molar-refractivity contribution in [2.24, 2.45) is 5.92 Å². The maximum atomic E-state index is 12.2. The van der Waals surface area contributed by atoms with E-state index in [1.807, 2.05) is 43.3 Å². The molecular weight excluding hydrogens is 196 g/mol. The first-order valence-electron chi connectivity index (χ1n) is 5.65. The number of ketones is 1. The van der Waals surface area contributed by atoms with E-state index in [1.54, 1.807) is 0 Å². The van der Waals surface area contributed by atoms with Crippen molar-refractivity contribution in [3.05, 3.63) is 59.2 Å². The molecule has 0 radical (unpaired) electrons. The number of allylic oxidation sites excluding steroid dienone is 4. The molecule has 0 spiro atoms. The van der Waals surface area contributed by atoms with E-state index in [-0.39, 0.29) is 5.78 Å². The number of rotatable bonds is 2. The molecule has 0 amide bonds. The number of hydrogen-bond donors (Lipinski definition) is 0. The molecule has 0 aromatic heterocycles. The van der Waals surface area contributed by atoms with Gasteiger partial charge in [0, 0.05) is 11.1 Å². The third-order valence-corrected chi connectivity index (χ3v) is 2.85. The Hall–Kier alpha value is -1.63. The molecule has 0 fully saturated rings. The van der Waals surface area contributed by atoms with Gasteiger partial charge in [0.15, 0.2) is 5.78 Å². The van der Waals surface area contributed by atoms with E-state index >= 15 is 0 Å². The van der Waals surface area contributed by atoms with Crippen molar-refractivity contribution in [3.63, 3.8) is 0 Å². The van der Waals surface area contributed by atoms with Crippen LogP contribution >= 0.6 is 0 Å². The van der Waals surface area contributed by atoms with E-state index in [0.29, 0.717) is 5.92 Å². The predicted octanol–water partition coefficient (Wildman–Crippen LogP) is 3.70. The van der Waals surface area contributed by atoms with E-state index in [4.69, 9.17) is 0 Å². The van der Waals surface area contributed by atoms with Crippen LogP contribution in [0, 0.1) is 12.8 Å². The number of carbonyl (C=O) groups excluding carboxylic acids is 1. The molecule has 1 aliphatic rings. The molecule has 1 atom stereocenters. The van der Waals surface area contributed by atoms with Gasteiger partial charge in [-0.3, -0.25) is 4.79 Å². The van der Waals surface area contributed by atoms with Crippen LogP contribution in [-0.4, -0.2) is 5.78 Å². The van der Waals surface area contributed by atoms with Crippen molar-refractivity contribution < 1.29 is 4.79 Å². The van der Waals surface area contributed by atoms with Gasteiger partial charge < -0.3 is 0 Å². The van der Waals surface area contributed by atoms with Crippen LogP contribution in [0.25, 0.3) is 0 Å². The largest absolute Gasteiger partial charge is 0.289 e. The van der Waals surface area contributed by atoms with Gasteiger partial charge in [0.1, 0.15) is 0 Å². The fourth-order valence-corrected chi connectivity index (χ4v) is 1.98. The van der Waals surface area contributed by atoms with Gasteiger partial charge in [-0.25, -0.2) is 0 Å². The zero-order valence-corrected chi connectivity index (χ0v) is 9.73. The molecule has 0 aliphatic heterocycles. The van der Waals surface area contributed by atoms with Gasteiger partial charge in [0.25, 0.3) is 0 Å². The summed E-state index contributed by atoms with van der Waals surface area (Å²) in [5.41, 5.74) is 2.85. The van der Waals surface area contributed by atoms with Crippen LogP contribution in [-0.2, 0) is 0 Å². The summed E-state index contributed by atoms with van der Waals surface area (Å²) < 4.78 is 0. The van der Waals surface area contributed by atoms with Crippen molar-refractivity contribution in [3.8, 4) is 0 Å². The van der Waals surface area contributed by atoms with Gasteiger partial charge >= 0.3 is 0 Å². The van der Waals surface area contributed by atoms with E-state index < -0.39 is 0 Å². The summed E-state index contributed by atoms with van der Waals surface area (Å²) in [5, 5.41) is 0. The molecule has 0 heterocycles. The van der Waals surface area contributed by atoms with Crippen molar-refractivity contribution in [2.75, 3.05) is 0 Å². The zero-order chi connectivity index (χ0) is 11.5. The maximum absolute atomic E-state index is 12.2. The van der Waals surface area contributed by atoms with Crippen LogP contribution in [0.3, 0.4) is 0 Å². The standard InChI is InChI=1S/C15H16O/c1-11-5-3-7-13(9-11)15(16)14-8-4-6-12(2)10-14/h3-9,12H,10H2,1-2H3. The molecule has 0 N–H and O–H groups in total.